The summed E-state index contributed by atoms with van der Waals surface area (Å²) in [4.78, 5) is 10.7. The second kappa shape index (κ2) is 4.14. The second-order valence-corrected chi connectivity index (χ2v) is 5.12. The normalized spacial score (nSPS) is 29.2. The molecule has 5 nitrogen and oxygen atoms in total. The van der Waals surface area contributed by atoms with Gasteiger partial charge in [0.05, 0.1) is 0 Å². The van der Waals surface area contributed by atoms with E-state index in [4.69, 9.17) is 11.5 Å². The molecule has 0 saturated carbocycles. The number of anilines is 2. The maximum atomic E-state index is 5.94. The van der Waals surface area contributed by atoms with Crippen LogP contribution in [0.4, 0.5) is 11.8 Å². The Labute approximate surface area is 101 Å². The number of piperidine rings is 1. The Balaban J connectivity index is 1.80. The van der Waals surface area contributed by atoms with Gasteiger partial charge in [-0.05, 0) is 44.7 Å². The molecule has 3 rings (SSSR count). The highest BCUT2D eigenvalue weighted by atomic mass is 15.2. The lowest BCUT2D eigenvalue weighted by atomic mass is 9.86. The molecule has 2 unspecified atom stereocenters. The van der Waals surface area contributed by atoms with Crippen LogP contribution < -0.4 is 11.5 Å². The molecule has 0 radical (unpaired) electrons. The first kappa shape index (κ1) is 10.8. The summed E-state index contributed by atoms with van der Waals surface area (Å²) in [6.07, 6.45) is 6.83. The van der Waals surface area contributed by atoms with Gasteiger partial charge in [0.25, 0.3) is 0 Å². The molecule has 92 valence electrons. The van der Waals surface area contributed by atoms with Crippen LogP contribution in [0.5, 0.6) is 0 Å². The Hall–Kier alpha value is -1.36. The maximum Gasteiger partial charge on any atom is 0.221 e. The van der Waals surface area contributed by atoms with E-state index in [9.17, 15) is 0 Å². The van der Waals surface area contributed by atoms with Crippen molar-refractivity contribution < 1.29 is 0 Å². The Morgan fingerprint density at radius 2 is 2.12 bits per heavy atom. The van der Waals surface area contributed by atoms with Crippen molar-refractivity contribution >= 4 is 11.8 Å². The summed E-state index contributed by atoms with van der Waals surface area (Å²) < 4.78 is 0. The SMILES string of the molecule is Nc1ncc(C2CCN3CCCC3C2)c(N)n1. The summed E-state index contributed by atoms with van der Waals surface area (Å²) in [6.45, 7) is 2.45. The van der Waals surface area contributed by atoms with E-state index in [-0.39, 0.29) is 5.95 Å². The van der Waals surface area contributed by atoms with Gasteiger partial charge in [0.2, 0.25) is 5.95 Å². The summed E-state index contributed by atoms with van der Waals surface area (Å²) in [5.41, 5.74) is 12.6. The number of hydrogen-bond donors (Lipinski definition) is 2. The molecule has 2 aliphatic heterocycles. The number of nitrogen functional groups attached to an aromatic ring is 2. The van der Waals surface area contributed by atoms with Crippen molar-refractivity contribution in [2.45, 2.75) is 37.6 Å². The molecular formula is C12H19N5. The Bertz CT molecular complexity index is 419. The largest absolute Gasteiger partial charge is 0.383 e. The summed E-state index contributed by atoms with van der Waals surface area (Å²) in [5, 5.41) is 0. The third-order valence-electron chi connectivity index (χ3n) is 4.13. The zero-order chi connectivity index (χ0) is 11.8. The third kappa shape index (κ3) is 1.95. The molecule has 5 heteroatoms. The zero-order valence-corrected chi connectivity index (χ0v) is 9.97. The van der Waals surface area contributed by atoms with Crippen molar-refractivity contribution in [1.82, 2.24) is 14.9 Å². The first-order chi connectivity index (χ1) is 8.24. The molecule has 2 aliphatic rings. The molecule has 0 spiro atoms. The highest BCUT2D eigenvalue weighted by Gasteiger charge is 2.33. The fourth-order valence-electron chi connectivity index (χ4n) is 3.24. The van der Waals surface area contributed by atoms with Crippen molar-refractivity contribution in [3.8, 4) is 0 Å². The number of rotatable bonds is 1. The van der Waals surface area contributed by atoms with Crippen LogP contribution in [-0.4, -0.2) is 34.0 Å². The summed E-state index contributed by atoms with van der Waals surface area (Å²) >= 11 is 0. The lowest BCUT2D eigenvalue weighted by Gasteiger charge is -2.35. The molecule has 2 atom stereocenters. The molecule has 0 aliphatic carbocycles. The first-order valence-corrected chi connectivity index (χ1v) is 6.36. The number of fused-ring (bicyclic) bond motifs is 1. The predicted molar refractivity (Wildman–Crippen MR) is 67.4 cm³/mol. The fourth-order valence-corrected chi connectivity index (χ4v) is 3.24. The second-order valence-electron chi connectivity index (χ2n) is 5.12. The minimum atomic E-state index is 0.268. The topological polar surface area (TPSA) is 81.1 Å². The van der Waals surface area contributed by atoms with Crippen molar-refractivity contribution in [3.05, 3.63) is 11.8 Å². The number of aromatic nitrogens is 2. The van der Waals surface area contributed by atoms with Crippen molar-refractivity contribution in [3.63, 3.8) is 0 Å². The van der Waals surface area contributed by atoms with E-state index in [0.717, 1.165) is 18.0 Å². The molecule has 0 aromatic carbocycles. The Morgan fingerprint density at radius 3 is 2.94 bits per heavy atom. The van der Waals surface area contributed by atoms with Gasteiger partial charge >= 0.3 is 0 Å². The average molecular weight is 233 g/mol. The minimum absolute atomic E-state index is 0.268. The molecular weight excluding hydrogens is 214 g/mol. The molecule has 2 fully saturated rings. The van der Waals surface area contributed by atoms with Crippen LogP contribution in [0.25, 0.3) is 0 Å². The van der Waals surface area contributed by atoms with Gasteiger partial charge in [-0.2, -0.15) is 4.98 Å². The van der Waals surface area contributed by atoms with Gasteiger partial charge < -0.3 is 16.4 Å². The smallest absolute Gasteiger partial charge is 0.221 e. The standard InChI is InChI=1S/C12H19N5/c13-11-10(7-15-12(14)16-11)8-3-5-17-4-1-2-9(17)6-8/h7-9H,1-6H2,(H4,13,14,15,16). The van der Waals surface area contributed by atoms with Gasteiger partial charge in [-0.3, -0.25) is 0 Å². The van der Waals surface area contributed by atoms with Gasteiger partial charge in [0.1, 0.15) is 5.82 Å². The van der Waals surface area contributed by atoms with Crippen molar-refractivity contribution in [2.75, 3.05) is 24.6 Å². The molecule has 1 aromatic heterocycles. The predicted octanol–water partition coefficient (Wildman–Crippen LogP) is 0.983. The molecule has 2 saturated heterocycles. The number of nitrogens with zero attached hydrogens (tertiary/aromatic N) is 3. The van der Waals surface area contributed by atoms with Gasteiger partial charge in [0, 0.05) is 17.8 Å². The molecule has 1 aromatic rings. The van der Waals surface area contributed by atoms with Crippen molar-refractivity contribution in [2.24, 2.45) is 0 Å². The van der Waals surface area contributed by atoms with E-state index >= 15 is 0 Å². The van der Waals surface area contributed by atoms with Gasteiger partial charge in [0.15, 0.2) is 0 Å². The van der Waals surface area contributed by atoms with E-state index in [0.29, 0.717) is 11.7 Å². The quantitative estimate of drug-likeness (QED) is 0.755. The van der Waals surface area contributed by atoms with Crippen LogP contribution in [0.2, 0.25) is 0 Å². The highest BCUT2D eigenvalue weighted by molar-refractivity contribution is 5.43. The van der Waals surface area contributed by atoms with E-state index in [2.05, 4.69) is 14.9 Å². The number of hydrogen-bond acceptors (Lipinski definition) is 5. The monoisotopic (exact) mass is 233 g/mol. The van der Waals surface area contributed by atoms with Crippen LogP contribution in [0.3, 0.4) is 0 Å². The van der Waals surface area contributed by atoms with Crippen molar-refractivity contribution in [1.29, 1.82) is 0 Å². The summed E-state index contributed by atoms with van der Waals surface area (Å²) in [6, 6.07) is 0.741. The molecule has 3 heterocycles. The lowest BCUT2D eigenvalue weighted by Crippen LogP contribution is -2.37. The van der Waals surface area contributed by atoms with Gasteiger partial charge in [-0.15, -0.1) is 0 Å². The van der Waals surface area contributed by atoms with Crippen LogP contribution in [0.15, 0.2) is 6.20 Å². The van der Waals surface area contributed by atoms with Crippen LogP contribution in [0.1, 0.15) is 37.2 Å². The lowest BCUT2D eigenvalue weighted by molar-refractivity contribution is 0.181. The first-order valence-electron chi connectivity index (χ1n) is 6.36. The molecule has 0 amide bonds. The van der Waals surface area contributed by atoms with Crippen LogP contribution in [-0.2, 0) is 0 Å². The van der Waals surface area contributed by atoms with Gasteiger partial charge in [-0.25, -0.2) is 4.98 Å². The maximum absolute atomic E-state index is 5.94. The van der Waals surface area contributed by atoms with Crippen LogP contribution >= 0.6 is 0 Å². The Morgan fingerprint density at radius 1 is 1.24 bits per heavy atom. The average Bonchev–Trinajstić information content (AvgIpc) is 2.75. The molecule has 4 N–H and O–H groups in total. The third-order valence-corrected chi connectivity index (χ3v) is 4.13. The number of nitrogens with two attached hydrogens (primary N) is 2. The summed E-state index contributed by atoms with van der Waals surface area (Å²) in [7, 11) is 0. The highest BCUT2D eigenvalue weighted by Crippen LogP contribution is 2.37. The fraction of sp³-hybridized carbons (Fsp3) is 0.667. The van der Waals surface area contributed by atoms with Gasteiger partial charge in [-0.1, -0.05) is 0 Å². The minimum Gasteiger partial charge on any atom is -0.383 e. The Kier molecular flexibility index (Phi) is 2.63. The van der Waals surface area contributed by atoms with E-state index in [1.54, 1.807) is 0 Å². The molecule has 17 heavy (non-hydrogen) atoms. The van der Waals surface area contributed by atoms with Crippen LogP contribution in [0, 0.1) is 0 Å². The summed E-state index contributed by atoms with van der Waals surface area (Å²) in [5.74, 6) is 1.34. The molecule has 0 bridgehead atoms. The van der Waals surface area contributed by atoms with E-state index < -0.39 is 0 Å². The van der Waals surface area contributed by atoms with E-state index in [1.165, 1.54) is 32.4 Å². The van der Waals surface area contributed by atoms with E-state index in [1.807, 2.05) is 6.20 Å². The zero-order valence-electron chi connectivity index (χ0n) is 9.97.